The van der Waals surface area contributed by atoms with Gasteiger partial charge in [0.25, 0.3) is 0 Å². The van der Waals surface area contributed by atoms with Crippen molar-refractivity contribution in [1.29, 1.82) is 0 Å². The maximum absolute atomic E-state index is 12.1. The molecule has 2 atom stereocenters. The van der Waals surface area contributed by atoms with E-state index in [1.807, 2.05) is 13.8 Å². The van der Waals surface area contributed by atoms with E-state index in [-0.39, 0.29) is 11.9 Å². The van der Waals surface area contributed by atoms with E-state index in [2.05, 4.69) is 25.0 Å². The predicted molar refractivity (Wildman–Crippen MR) is 88.8 cm³/mol. The second kappa shape index (κ2) is 9.95. The van der Waals surface area contributed by atoms with Gasteiger partial charge in [-0.2, -0.15) is 0 Å². The van der Waals surface area contributed by atoms with Crippen LogP contribution >= 0.6 is 0 Å². The topological polar surface area (TPSA) is 81.4 Å². The molecular formula is C15H32N2O3Si. The Hall–Kier alpha value is -0.883. The zero-order valence-corrected chi connectivity index (χ0v) is 15.2. The van der Waals surface area contributed by atoms with E-state index >= 15 is 0 Å². The van der Waals surface area contributed by atoms with Gasteiger partial charge in [-0.1, -0.05) is 46.3 Å². The molecule has 5 nitrogen and oxygen atoms in total. The highest BCUT2D eigenvalue weighted by Gasteiger charge is 2.24. The summed E-state index contributed by atoms with van der Waals surface area (Å²) in [6.45, 7) is 11.1. The molecule has 1 amide bonds. The summed E-state index contributed by atoms with van der Waals surface area (Å²) in [4.78, 5) is 24.0. The van der Waals surface area contributed by atoms with Crippen LogP contribution < -0.4 is 11.1 Å². The lowest BCUT2D eigenvalue weighted by atomic mass is 10.1. The number of hydrogen-bond acceptors (Lipinski definition) is 4. The van der Waals surface area contributed by atoms with Crippen molar-refractivity contribution in [2.45, 2.75) is 77.3 Å². The molecule has 0 unspecified atom stereocenters. The van der Waals surface area contributed by atoms with Gasteiger partial charge in [0.05, 0.1) is 12.6 Å². The van der Waals surface area contributed by atoms with Crippen molar-refractivity contribution >= 4 is 20.0 Å². The Bertz CT molecular complexity index is 329. The summed E-state index contributed by atoms with van der Waals surface area (Å²) in [5.41, 5.74) is 5.77. The van der Waals surface area contributed by atoms with Crippen molar-refractivity contribution in [3.8, 4) is 0 Å². The number of rotatable bonds is 10. The second-order valence-electron chi connectivity index (χ2n) is 6.72. The van der Waals surface area contributed by atoms with Crippen molar-refractivity contribution in [2.75, 3.05) is 6.61 Å². The Kier molecular flexibility index (Phi) is 9.53. The van der Waals surface area contributed by atoms with Gasteiger partial charge in [0.1, 0.15) is 6.04 Å². The van der Waals surface area contributed by atoms with Crippen LogP contribution in [0.25, 0.3) is 0 Å². The molecule has 0 aromatic heterocycles. The fourth-order valence-electron chi connectivity index (χ4n) is 1.82. The van der Waals surface area contributed by atoms with Crippen LogP contribution in [0.5, 0.6) is 0 Å². The molecule has 0 saturated heterocycles. The van der Waals surface area contributed by atoms with Gasteiger partial charge in [0, 0.05) is 8.07 Å². The lowest BCUT2D eigenvalue weighted by Crippen LogP contribution is -2.49. The van der Waals surface area contributed by atoms with Gasteiger partial charge < -0.3 is 15.8 Å². The molecule has 21 heavy (non-hydrogen) atoms. The zero-order valence-electron chi connectivity index (χ0n) is 14.2. The fourth-order valence-corrected chi connectivity index (χ4v) is 2.53. The van der Waals surface area contributed by atoms with E-state index in [4.69, 9.17) is 10.5 Å². The van der Waals surface area contributed by atoms with Gasteiger partial charge in [0.2, 0.25) is 5.91 Å². The molecule has 0 fully saturated rings. The van der Waals surface area contributed by atoms with Crippen LogP contribution in [0.15, 0.2) is 0 Å². The number of carbonyl (C=O) groups excluding carboxylic acids is 2. The smallest absolute Gasteiger partial charge is 0.328 e. The monoisotopic (exact) mass is 316 g/mol. The van der Waals surface area contributed by atoms with Crippen molar-refractivity contribution in [1.82, 2.24) is 5.32 Å². The van der Waals surface area contributed by atoms with Crippen LogP contribution in [0.4, 0.5) is 0 Å². The molecule has 0 aliphatic carbocycles. The highest BCUT2D eigenvalue weighted by Crippen LogP contribution is 2.09. The molecule has 3 N–H and O–H groups in total. The number of nitrogens with one attached hydrogen (secondary N) is 1. The highest BCUT2D eigenvalue weighted by molar-refractivity contribution is 6.76. The number of hydrogen-bond donors (Lipinski definition) is 2. The molecule has 0 aromatic rings. The third kappa shape index (κ3) is 9.63. The summed E-state index contributed by atoms with van der Waals surface area (Å²) in [6, 6.07) is -0.197. The molecule has 0 rings (SSSR count). The first-order valence-electron chi connectivity index (χ1n) is 7.93. The molecular weight excluding hydrogens is 284 g/mol. The van der Waals surface area contributed by atoms with Gasteiger partial charge in [-0.25, -0.2) is 4.79 Å². The van der Waals surface area contributed by atoms with Crippen molar-refractivity contribution in [3.63, 3.8) is 0 Å². The average Bonchev–Trinajstić information content (AvgIpc) is 2.36. The maximum Gasteiger partial charge on any atom is 0.328 e. The van der Waals surface area contributed by atoms with Crippen LogP contribution in [0, 0.1) is 0 Å². The molecule has 6 heteroatoms. The largest absolute Gasteiger partial charge is 0.464 e. The minimum Gasteiger partial charge on any atom is -0.464 e. The first kappa shape index (κ1) is 20.1. The molecule has 0 bridgehead atoms. The summed E-state index contributed by atoms with van der Waals surface area (Å²) >= 11 is 0. The minimum absolute atomic E-state index is 0.266. The Balaban J connectivity index is 4.39. The molecule has 0 aliphatic rings. The summed E-state index contributed by atoms with van der Waals surface area (Å²) in [7, 11) is -1.22. The summed E-state index contributed by atoms with van der Waals surface area (Å²) in [5.74, 6) is -0.607. The number of amides is 1. The molecule has 0 aromatic carbocycles. The van der Waals surface area contributed by atoms with Crippen LogP contribution in [0.2, 0.25) is 25.7 Å². The molecule has 124 valence electrons. The van der Waals surface area contributed by atoms with Gasteiger partial charge in [-0.15, -0.1) is 0 Å². The number of nitrogens with two attached hydrogens (primary N) is 1. The van der Waals surface area contributed by atoms with Crippen molar-refractivity contribution < 1.29 is 14.3 Å². The quantitative estimate of drug-likeness (QED) is 0.478. The molecule has 0 radical (unpaired) electrons. The lowest BCUT2D eigenvalue weighted by Gasteiger charge is -2.21. The predicted octanol–water partition coefficient (Wildman–Crippen LogP) is 2.28. The van der Waals surface area contributed by atoms with Gasteiger partial charge >= 0.3 is 5.97 Å². The van der Waals surface area contributed by atoms with Crippen LogP contribution in [-0.4, -0.2) is 38.6 Å². The molecule has 0 spiro atoms. The maximum atomic E-state index is 12.1. The summed E-state index contributed by atoms with van der Waals surface area (Å²) in [6.07, 6.45) is 2.84. The molecule has 0 heterocycles. The fraction of sp³-hybridized carbons (Fsp3) is 0.867. The van der Waals surface area contributed by atoms with E-state index < -0.39 is 20.2 Å². The SMILES string of the molecule is CCC[C@H](NC(=O)[C@@H](N)CCC)C(=O)OCC[Si](C)(C)C. The van der Waals surface area contributed by atoms with Gasteiger partial charge in [-0.3, -0.25) is 4.79 Å². The Morgan fingerprint density at radius 3 is 2.19 bits per heavy atom. The van der Waals surface area contributed by atoms with Crippen LogP contribution in [-0.2, 0) is 14.3 Å². The first-order valence-corrected chi connectivity index (χ1v) is 11.6. The Morgan fingerprint density at radius 1 is 1.14 bits per heavy atom. The lowest BCUT2D eigenvalue weighted by molar-refractivity contribution is -0.147. The third-order valence-electron chi connectivity index (χ3n) is 3.21. The third-order valence-corrected chi connectivity index (χ3v) is 4.92. The van der Waals surface area contributed by atoms with E-state index in [0.29, 0.717) is 19.4 Å². The summed E-state index contributed by atoms with van der Waals surface area (Å²) < 4.78 is 5.31. The Labute approximate surface area is 130 Å². The first-order chi connectivity index (χ1) is 9.71. The van der Waals surface area contributed by atoms with Crippen LogP contribution in [0.1, 0.15) is 39.5 Å². The van der Waals surface area contributed by atoms with Gasteiger partial charge in [-0.05, 0) is 18.9 Å². The van der Waals surface area contributed by atoms with Crippen LogP contribution in [0.3, 0.4) is 0 Å². The Morgan fingerprint density at radius 2 is 1.71 bits per heavy atom. The van der Waals surface area contributed by atoms with E-state index in [9.17, 15) is 9.59 Å². The van der Waals surface area contributed by atoms with Crippen molar-refractivity contribution in [3.05, 3.63) is 0 Å². The van der Waals surface area contributed by atoms with Gasteiger partial charge in [0.15, 0.2) is 0 Å². The van der Waals surface area contributed by atoms with E-state index in [0.717, 1.165) is 18.9 Å². The minimum atomic E-state index is -1.22. The second-order valence-corrected chi connectivity index (χ2v) is 12.3. The number of carbonyl (C=O) groups is 2. The molecule has 0 saturated carbocycles. The van der Waals surface area contributed by atoms with E-state index in [1.165, 1.54) is 0 Å². The molecule has 0 aliphatic heterocycles. The average molecular weight is 317 g/mol. The van der Waals surface area contributed by atoms with Crippen molar-refractivity contribution in [2.24, 2.45) is 5.73 Å². The normalized spacial score (nSPS) is 14.4. The standard InChI is InChI=1S/C15H32N2O3Si/c1-6-8-12(16)14(18)17-13(9-7-2)15(19)20-10-11-21(3,4)5/h12-13H,6-11,16H2,1-5H3,(H,17,18)/t12-,13-/m0/s1. The zero-order chi connectivity index (χ0) is 16.5. The highest BCUT2D eigenvalue weighted by atomic mass is 28.3. The number of esters is 1. The number of ether oxygens (including phenoxy) is 1. The van der Waals surface area contributed by atoms with E-state index in [1.54, 1.807) is 0 Å². The summed E-state index contributed by atoms with van der Waals surface area (Å²) in [5, 5.41) is 2.72.